The highest BCUT2D eigenvalue weighted by Crippen LogP contribution is 2.31. The number of carbonyl (C=O) groups excluding carboxylic acids is 1. The minimum Gasteiger partial charge on any atom is -0.322 e. The van der Waals surface area contributed by atoms with E-state index in [-0.39, 0.29) is 5.25 Å². The van der Waals surface area contributed by atoms with Crippen molar-refractivity contribution in [3.8, 4) is 0 Å². The van der Waals surface area contributed by atoms with Crippen LogP contribution in [0.5, 0.6) is 0 Å². The number of anilines is 2. The van der Waals surface area contributed by atoms with Gasteiger partial charge >= 0.3 is 6.18 Å². The van der Waals surface area contributed by atoms with Crippen molar-refractivity contribution >= 4 is 28.3 Å². The second kappa shape index (κ2) is 7.90. The predicted octanol–water partition coefficient (Wildman–Crippen LogP) is 4.75. The van der Waals surface area contributed by atoms with Crippen molar-refractivity contribution in [2.24, 2.45) is 0 Å². The van der Waals surface area contributed by atoms with Crippen LogP contribution in [0.15, 0.2) is 42.5 Å². The number of nitrogens with one attached hydrogen (secondary N) is 2. The summed E-state index contributed by atoms with van der Waals surface area (Å²) in [5, 5.41) is 2.54. The number of aryl methyl sites for hydroxylation is 1. The van der Waals surface area contributed by atoms with E-state index in [1.54, 1.807) is 24.3 Å². The molecule has 0 fully saturated rings. The molecule has 0 radical (unpaired) electrons. The molecule has 0 spiro atoms. The lowest BCUT2D eigenvalue weighted by atomic mass is 10.1. The number of amides is 1. The number of alkyl halides is 3. The van der Waals surface area contributed by atoms with Crippen LogP contribution in [-0.4, -0.2) is 15.4 Å². The monoisotopic (exact) mass is 384 g/mol. The average Bonchev–Trinajstić information content (AvgIpc) is 2.56. The minimum atomic E-state index is -4.42. The normalized spacial score (nSPS) is 12.7. The molecule has 0 aliphatic carbocycles. The third-order valence-corrected chi connectivity index (χ3v) is 4.89. The van der Waals surface area contributed by atoms with Crippen LogP contribution in [-0.2, 0) is 17.2 Å². The molecule has 0 heterocycles. The fraction of sp³-hybridized carbons (Fsp3) is 0.278. The van der Waals surface area contributed by atoms with E-state index < -0.39 is 28.6 Å². The molecule has 0 aliphatic heterocycles. The molecule has 2 aromatic carbocycles. The fourth-order valence-electron chi connectivity index (χ4n) is 2.10. The van der Waals surface area contributed by atoms with E-state index in [1.165, 1.54) is 13.0 Å². The lowest BCUT2D eigenvalue weighted by Gasteiger charge is -2.13. The van der Waals surface area contributed by atoms with Crippen molar-refractivity contribution in [2.45, 2.75) is 32.2 Å². The first-order chi connectivity index (χ1) is 12.1. The molecule has 2 rings (SSSR count). The van der Waals surface area contributed by atoms with E-state index >= 15 is 0 Å². The molecule has 0 saturated carbocycles. The molecule has 0 aliphatic rings. The van der Waals surface area contributed by atoms with E-state index in [4.69, 9.17) is 0 Å². The Labute approximate surface area is 152 Å². The number of hydrogen-bond donors (Lipinski definition) is 2. The molecular weight excluding hydrogens is 365 g/mol. The van der Waals surface area contributed by atoms with Gasteiger partial charge in [-0.1, -0.05) is 0 Å². The van der Waals surface area contributed by atoms with Crippen molar-refractivity contribution < 1.29 is 22.2 Å². The van der Waals surface area contributed by atoms with Crippen molar-refractivity contribution in [3.05, 3.63) is 59.2 Å². The van der Waals surface area contributed by atoms with Crippen LogP contribution < -0.4 is 10.0 Å². The summed E-state index contributed by atoms with van der Waals surface area (Å²) in [6.45, 7) is 5.13. The summed E-state index contributed by atoms with van der Waals surface area (Å²) in [5.41, 5.74) is 0.816. The highest BCUT2D eigenvalue weighted by atomic mass is 32.2. The molecule has 4 nitrogen and oxygen atoms in total. The quantitative estimate of drug-likeness (QED) is 0.782. The molecule has 0 saturated heterocycles. The van der Waals surface area contributed by atoms with Gasteiger partial charge in [0.15, 0.2) is 0 Å². The lowest BCUT2D eigenvalue weighted by Crippen LogP contribution is -2.15. The summed E-state index contributed by atoms with van der Waals surface area (Å²) in [7, 11) is -1.23. The third kappa shape index (κ3) is 5.08. The average molecular weight is 384 g/mol. The highest BCUT2D eigenvalue weighted by Gasteiger charge is 2.30. The van der Waals surface area contributed by atoms with Gasteiger partial charge in [-0.2, -0.15) is 13.2 Å². The number of rotatable bonds is 5. The minimum absolute atomic E-state index is 0.0550. The maximum Gasteiger partial charge on any atom is 0.416 e. The second-order valence-corrected chi connectivity index (χ2v) is 7.75. The highest BCUT2D eigenvalue weighted by molar-refractivity contribution is 7.86. The van der Waals surface area contributed by atoms with Crippen LogP contribution in [0.4, 0.5) is 24.5 Å². The Morgan fingerprint density at radius 2 is 1.69 bits per heavy atom. The Balaban J connectivity index is 2.09. The van der Waals surface area contributed by atoms with Gasteiger partial charge in [0.2, 0.25) is 0 Å². The molecule has 2 N–H and O–H groups in total. The van der Waals surface area contributed by atoms with Crippen molar-refractivity contribution in [2.75, 3.05) is 10.0 Å². The summed E-state index contributed by atoms with van der Waals surface area (Å²) >= 11 is 0. The molecule has 0 bridgehead atoms. The molecule has 1 atom stereocenters. The number of carbonyl (C=O) groups is 1. The number of halogens is 3. The van der Waals surface area contributed by atoms with Gasteiger partial charge in [0.1, 0.15) is 11.0 Å². The first-order valence-corrected chi connectivity index (χ1v) is 9.05. The molecule has 140 valence electrons. The summed E-state index contributed by atoms with van der Waals surface area (Å²) < 4.78 is 52.6. The molecule has 26 heavy (non-hydrogen) atoms. The second-order valence-electron chi connectivity index (χ2n) is 6.01. The Bertz CT molecular complexity index is 818. The van der Waals surface area contributed by atoms with E-state index in [0.717, 1.165) is 12.1 Å². The van der Waals surface area contributed by atoms with Gasteiger partial charge in [-0.3, -0.25) is 4.79 Å². The standard InChI is InChI=1S/C18H19F3N2O2S/c1-11(2)26(25)23-15-7-4-13(5-8-15)17(24)22-16-9-6-14(10-12(16)3)18(19,20)21/h4-11,23H,1-3H3,(H,22,24). The summed E-state index contributed by atoms with van der Waals surface area (Å²) in [5.74, 6) is -0.440. The van der Waals surface area contributed by atoms with Crippen LogP contribution in [0, 0.1) is 6.92 Å². The van der Waals surface area contributed by atoms with E-state index in [0.29, 0.717) is 22.5 Å². The molecule has 1 unspecified atom stereocenters. The summed E-state index contributed by atoms with van der Waals surface area (Å²) in [6, 6.07) is 9.49. The van der Waals surface area contributed by atoms with Crippen LogP contribution in [0.2, 0.25) is 0 Å². The molecule has 0 aromatic heterocycles. The zero-order valence-electron chi connectivity index (χ0n) is 14.5. The van der Waals surface area contributed by atoms with Gasteiger partial charge < -0.3 is 10.0 Å². The van der Waals surface area contributed by atoms with Gasteiger partial charge in [-0.25, -0.2) is 4.21 Å². The molecular formula is C18H19F3N2O2S. The SMILES string of the molecule is Cc1cc(C(F)(F)F)ccc1NC(=O)c1ccc(NS(=O)C(C)C)cc1. The zero-order chi connectivity index (χ0) is 19.5. The molecule has 2 aromatic rings. The topological polar surface area (TPSA) is 58.2 Å². The van der Waals surface area contributed by atoms with Crippen LogP contribution >= 0.6 is 0 Å². The first kappa shape index (κ1) is 20.0. The molecule has 8 heteroatoms. The van der Waals surface area contributed by atoms with E-state index in [9.17, 15) is 22.2 Å². The van der Waals surface area contributed by atoms with Crippen LogP contribution in [0.25, 0.3) is 0 Å². The van der Waals surface area contributed by atoms with Gasteiger partial charge in [0, 0.05) is 22.2 Å². The van der Waals surface area contributed by atoms with Crippen molar-refractivity contribution in [3.63, 3.8) is 0 Å². The van der Waals surface area contributed by atoms with Gasteiger partial charge in [0.05, 0.1) is 5.56 Å². The Hall–Kier alpha value is -2.35. The summed E-state index contributed by atoms with van der Waals surface area (Å²) in [6.07, 6.45) is -4.42. The maximum absolute atomic E-state index is 12.7. The predicted molar refractivity (Wildman–Crippen MR) is 97.5 cm³/mol. The largest absolute Gasteiger partial charge is 0.416 e. The van der Waals surface area contributed by atoms with Crippen molar-refractivity contribution in [1.82, 2.24) is 0 Å². The fourth-order valence-corrected chi connectivity index (χ4v) is 2.70. The Morgan fingerprint density at radius 1 is 1.08 bits per heavy atom. The number of benzene rings is 2. The van der Waals surface area contributed by atoms with Gasteiger partial charge in [-0.15, -0.1) is 0 Å². The van der Waals surface area contributed by atoms with E-state index in [2.05, 4.69) is 10.0 Å². The maximum atomic E-state index is 12.7. The molecule has 1 amide bonds. The van der Waals surface area contributed by atoms with Crippen LogP contribution in [0.1, 0.15) is 35.3 Å². The lowest BCUT2D eigenvalue weighted by molar-refractivity contribution is -0.137. The van der Waals surface area contributed by atoms with Crippen molar-refractivity contribution in [1.29, 1.82) is 0 Å². The Morgan fingerprint density at radius 3 is 2.19 bits per heavy atom. The zero-order valence-corrected chi connectivity index (χ0v) is 15.3. The Kier molecular flexibility index (Phi) is 6.07. The van der Waals surface area contributed by atoms with Gasteiger partial charge in [-0.05, 0) is 68.8 Å². The summed E-state index contributed by atoms with van der Waals surface area (Å²) in [4.78, 5) is 12.3. The van der Waals surface area contributed by atoms with E-state index in [1.807, 2.05) is 13.8 Å². The smallest absolute Gasteiger partial charge is 0.322 e. The third-order valence-electron chi connectivity index (χ3n) is 3.60. The van der Waals surface area contributed by atoms with Gasteiger partial charge in [0.25, 0.3) is 5.91 Å². The van der Waals surface area contributed by atoms with Crippen LogP contribution in [0.3, 0.4) is 0 Å². The number of hydrogen-bond acceptors (Lipinski definition) is 2. The first-order valence-electron chi connectivity index (χ1n) is 7.84.